The third kappa shape index (κ3) is 4.10. The Morgan fingerprint density at radius 2 is 2.00 bits per heavy atom. The quantitative estimate of drug-likeness (QED) is 0.824. The summed E-state index contributed by atoms with van der Waals surface area (Å²) < 4.78 is 5.24. The van der Waals surface area contributed by atoms with Crippen molar-refractivity contribution in [3.8, 4) is 0 Å². The Labute approximate surface area is 152 Å². The molecule has 1 heterocycles. The topological polar surface area (TPSA) is 55.4 Å². The number of fused-ring (bicyclic) bond motifs is 1. The molecule has 2 aromatic rings. The standard InChI is InChI=1S/C20H23NO3S/c1-13-7-3-4-8-15(13)14(2)21-19(22)11-24-20(23)17-12-25-18-10-6-5-9-16(17)18/h3-4,7-8,12,14H,5-6,9-11H2,1-2H3,(H,21,22). The van der Waals surface area contributed by atoms with Crippen LogP contribution in [0.25, 0.3) is 0 Å². The number of hydrogen-bond acceptors (Lipinski definition) is 4. The van der Waals surface area contributed by atoms with Crippen molar-refractivity contribution in [3.05, 3.63) is 56.8 Å². The molecule has 25 heavy (non-hydrogen) atoms. The van der Waals surface area contributed by atoms with Gasteiger partial charge in [-0.2, -0.15) is 0 Å². The summed E-state index contributed by atoms with van der Waals surface area (Å²) in [6.07, 6.45) is 4.27. The molecule has 3 rings (SSSR count). The molecule has 5 heteroatoms. The number of nitrogens with one attached hydrogen (secondary N) is 1. The minimum absolute atomic E-state index is 0.124. The van der Waals surface area contributed by atoms with Gasteiger partial charge < -0.3 is 10.1 Å². The number of amides is 1. The highest BCUT2D eigenvalue weighted by atomic mass is 32.1. The Hall–Kier alpha value is -2.14. The largest absolute Gasteiger partial charge is 0.452 e. The van der Waals surface area contributed by atoms with Gasteiger partial charge in [0, 0.05) is 10.3 Å². The fourth-order valence-corrected chi connectivity index (χ4v) is 4.42. The summed E-state index contributed by atoms with van der Waals surface area (Å²) in [6.45, 7) is 3.69. The molecule has 132 valence electrons. The first-order valence-corrected chi connectivity index (χ1v) is 9.55. The Morgan fingerprint density at radius 1 is 1.24 bits per heavy atom. The van der Waals surface area contributed by atoms with Crippen molar-refractivity contribution in [1.29, 1.82) is 0 Å². The minimum Gasteiger partial charge on any atom is -0.452 e. The van der Waals surface area contributed by atoms with E-state index in [1.165, 1.54) is 11.3 Å². The van der Waals surface area contributed by atoms with Crippen LogP contribution in [-0.4, -0.2) is 18.5 Å². The number of benzene rings is 1. The Bertz CT molecular complexity index is 781. The zero-order valence-corrected chi connectivity index (χ0v) is 15.4. The lowest BCUT2D eigenvalue weighted by Crippen LogP contribution is -2.31. The van der Waals surface area contributed by atoms with E-state index in [1.54, 1.807) is 11.3 Å². The number of carbonyl (C=O) groups excluding carboxylic acids is 2. The van der Waals surface area contributed by atoms with Gasteiger partial charge in [0.1, 0.15) is 0 Å². The summed E-state index contributed by atoms with van der Waals surface area (Å²) in [5.41, 5.74) is 3.95. The van der Waals surface area contributed by atoms with Crippen LogP contribution in [0.1, 0.15) is 57.7 Å². The second-order valence-corrected chi connectivity index (χ2v) is 7.44. The van der Waals surface area contributed by atoms with E-state index >= 15 is 0 Å². The van der Waals surface area contributed by atoms with E-state index in [2.05, 4.69) is 5.32 Å². The van der Waals surface area contributed by atoms with Gasteiger partial charge >= 0.3 is 5.97 Å². The average Bonchev–Trinajstić information content (AvgIpc) is 3.04. The fraction of sp³-hybridized carbons (Fsp3) is 0.400. The minimum atomic E-state index is -0.391. The third-order valence-electron chi connectivity index (χ3n) is 4.65. The Kier molecular flexibility index (Phi) is 5.53. The first kappa shape index (κ1) is 17.7. The normalized spacial score (nSPS) is 14.5. The molecular formula is C20H23NO3S. The molecule has 0 radical (unpaired) electrons. The van der Waals surface area contributed by atoms with Gasteiger partial charge in [0.05, 0.1) is 11.6 Å². The van der Waals surface area contributed by atoms with Crippen LogP contribution in [0.3, 0.4) is 0 Å². The van der Waals surface area contributed by atoms with Gasteiger partial charge in [-0.1, -0.05) is 24.3 Å². The van der Waals surface area contributed by atoms with Gasteiger partial charge in [0.2, 0.25) is 0 Å². The molecule has 1 aromatic heterocycles. The average molecular weight is 357 g/mol. The van der Waals surface area contributed by atoms with Crippen LogP contribution in [0.2, 0.25) is 0 Å². The molecule has 0 saturated carbocycles. The zero-order valence-electron chi connectivity index (χ0n) is 14.6. The van der Waals surface area contributed by atoms with E-state index in [1.807, 2.05) is 43.5 Å². The maximum atomic E-state index is 12.3. The predicted molar refractivity (Wildman–Crippen MR) is 99.0 cm³/mol. The van der Waals surface area contributed by atoms with Gasteiger partial charge in [-0.25, -0.2) is 4.79 Å². The number of thiophene rings is 1. The van der Waals surface area contributed by atoms with E-state index in [4.69, 9.17) is 4.74 Å². The Balaban J connectivity index is 1.55. The van der Waals surface area contributed by atoms with Crippen molar-refractivity contribution in [2.24, 2.45) is 0 Å². The highest BCUT2D eigenvalue weighted by molar-refractivity contribution is 7.10. The van der Waals surface area contributed by atoms with E-state index in [-0.39, 0.29) is 18.6 Å². The predicted octanol–water partition coefficient (Wildman–Crippen LogP) is 3.97. The van der Waals surface area contributed by atoms with E-state index in [0.717, 1.165) is 36.0 Å². The van der Waals surface area contributed by atoms with Crippen LogP contribution in [-0.2, 0) is 22.4 Å². The molecule has 1 amide bonds. The second kappa shape index (κ2) is 7.83. The lowest BCUT2D eigenvalue weighted by atomic mass is 9.96. The molecular weight excluding hydrogens is 334 g/mol. The molecule has 1 aliphatic carbocycles. The number of rotatable bonds is 5. The first-order chi connectivity index (χ1) is 12.1. The third-order valence-corrected chi connectivity index (χ3v) is 5.74. The maximum Gasteiger partial charge on any atom is 0.339 e. The summed E-state index contributed by atoms with van der Waals surface area (Å²) in [4.78, 5) is 25.7. The van der Waals surface area contributed by atoms with Crippen molar-refractivity contribution in [3.63, 3.8) is 0 Å². The van der Waals surface area contributed by atoms with Gasteiger partial charge in [-0.3, -0.25) is 4.79 Å². The molecule has 0 bridgehead atoms. The van der Waals surface area contributed by atoms with Crippen molar-refractivity contribution in [2.75, 3.05) is 6.61 Å². The monoisotopic (exact) mass is 357 g/mol. The molecule has 1 aromatic carbocycles. The number of ether oxygens (including phenoxy) is 1. The van der Waals surface area contributed by atoms with Gasteiger partial charge in [0.25, 0.3) is 5.91 Å². The highest BCUT2D eigenvalue weighted by Crippen LogP contribution is 2.30. The highest BCUT2D eigenvalue weighted by Gasteiger charge is 2.22. The van der Waals surface area contributed by atoms with E-state index in [9.17, 15) is 9.59 Å². The molecule has 0 saturated heterocycles. The summed E-state index contributed by atoms with van der Waals surface area (Å²) >= 11 is 1.62. The van der Waals surface area contributed by atoms with E-state index < -0.39 is 5.97 Å². The molecule has 0 aliphatic heterocycles. The van der Waals surface area contributed by atoms with Crippen LogP contribution < -0.4 is 5.32 Å². The smallest absolute Gasteiger partial charge is 0.339 e. The van der Waals surface area contributed by atoms with Crippen molar-refractivity contribution in [2.45, 2.75) is 45.6 Å². The molecule has 1 atom stereocenters. The summed E-state index contributed by atoms with van der Waals surface area (Å²) in [7, 11) is 0. The number of hydrogen-bond donors (Lipinski definition) is 1. The van der Waals surface area contributed by atoms with Crippen LogP contribution in [0.4, 0.5) is 0 Å². The number of carbonyl (C=O) groups is 2. The van der Waals surface area contributed by atoms with Crippen molar-refractivity contribution in [1.82, 2.24) is 5.32 Å². The van der Waals surface area contributed by atoms with Crippen LogP contribution >= 0.6 is 11.3 Å². The molecule has 4 nitrogen and oxygen atoms in total. The molecule has 1 unspecified atom stereocenters. The van der Waals surface area contributed by atoms with Gasteiger partial charge in [-0.05, 0) is 56.2 Å². The van der Waals surface area contributed by atoms with Crippen molar-refractivity contribution >= 4 is 23.2 Å². The molecule has 1 N–H and O–H groups in total. The summed E-state index contributed by atoms with van der Waals surface area (Å²) in [6, 6.07) is 7.80. The lowest BCUT2D eigenvalue weighted by Gasteiger charge is -2.16. The first-order valence-electron chi connectivity index (χ1n) is 8.67. The second-order valence-electron chi connectivity index (χ2n) is 6.48. The van der Waals surface area contributed by atoms with Gasteiger partial charge in [0.15, 0.2) is 6.61 Å². The van der Waals surface area contributed by atoms with Crippen LogP contribution in [0.15, 0.2) is 29.6 Å². The number of aryl methyl sites for hydroxylation is 2. The van der Waals surface area contributed by atoms with Crippen LogP contribution in [0, 0.1) is 6.92 Å². The number of esters is 1. The molecule has 0 fully saturated rings. The van der Waals surface area contributed by atoms with Crippen LogP contribution in [0.5, 0.6) is 0 Å². The Morgan fingerprint density at radius 3 is 2.80 bits per heavy atom. The molecule has 0 spiro atoms. The summed E-state index contributed by atoms with van der Waals surface area (Å²) in [5, 5.41) is 4.75. The van der Waals surface area contributed by atoms with Crippen molar-refractivity contribution < 1.29 is 14.3 Å². The summed E-state index contributed by atoms with van der Waals surface area (Å²) in [5.74, 6) is -0.675. The SMILES string of the molecule is Cc1ccccc1C(C)NC(=O)COC(=O)c1csc2c1CCCC2. The molecule has 1 aliphatic rings. The fourth-order valence-electron chi connectivity index (χ4n) is 3.31. The van der Waals surface area contributed by atoms with Gasteiger partial charge in [-0.15, -0.1) is 11.3 Å². The lowest BCUT2D eigenvalue weighted by molar-refractivity contribution is -0.124. The van der Waals surface area contributed by atoms with E-state index in [0.29, 0.717) is 5.56 Å². The zero-order chi connectivity index (χ0) is 17.8. The maximum absolute atomic E-state index is 12.3.